The van der Waals surface area contributed by atoms with Crippen LogP contribution in [0.5, 0.6) is 0 Å². The molecule has 0 aliphatic carbocycles. The maximum atomic E-state index is 12.8. The molecule has 168 valence electrons. The normalized spacial score (nSPS) is 35.8. The third-order valence-electron chi connectivity index (χ3n) is 7.01. The van der Waals surface area contributed by atoms with Gasteiger partial charge in [0.05, 0.1) is 24.0 Å². The van der Waals surface area contributed by atoms with E-state index in [-0.39, 0.29) is 53.8 Å². The average molecular weight is 448 g/mol. The van der Waals surface area contributed by atoms with E-state index in [1.165, 1.54) is 9.70 Å². The third kappa shape index (κ3) is 3.50. The number of thioether (sulfide) groups is 1. The lowest BCUT2D eigenvalue weighted by molar-refractivity contribution is -0.154. The number of tetrazole rings is 1. The number of hydrogen-bond acceptors (Lipinski definition) is 9. The molecule has 3 fully saturated rings. The Labute approximate surface area is 184 Å². The number of likely N-dealkylation sites (tertiary alicyclic amines) is 1. The quantitative estimate of drug-likeness (QED) is 0.491. The van der Waals surface area contributed by atoms with Gasteiger partial charge in [-0.1, -0.05) is 12.0 Å². The predicted molar refractivity (Wildman–Crippen MR) is 115 cm³/mol. The van der Waals surface area contributed by atoms with Crippen LogP contribution in [0, 0.1) is 11.8 Å². The van der Waals surface area contributed by atoms with Crippen LogP contribution in [0.3, 0.4) is 0 Å². The van der Waals surface area contributed by atoms with Crippen LogP contribution >= 0.6 is 11.8 Å². The van der Waals surface area contributed by atoms with Gasteiger partial charge in [-0.05, 0) is 25.0 Å². The van der Waals surface area contributed by atoms with Crippen molar-refractivity contribution in [2.75, 3.05) is 25.4 Å². The summed E-state index contributed by atoms with van der Waals surface area (Å²) in [5.41, 5.74) is 11.5. The molecular weight excluding hydrogens is 418 g/mol. The highest BCUT2D eigenvalue weighted by Gasteiger charge is 2.56. The third-order valence-corrected chi connectivity index (χ3v) is 8.45. The second kappa shape index (κ2) is 7.75. The molecule has 5 rings (SSSR count). The second-order valence-electron chi connectivity index (χ2n) is 9.06. The summed E-state index contributed by atoms with van der Waals surface area (Å²) in [4.78, 5) is 31.9. The Morgan fingerprint density at radius 3 is 2.90 bits per heavy atom. The Morgan fingerprint density at radius 1 is 1.42 bits per heavy atom. The molecule has 2 amide bonds. The molecule has 11 nitrogen and oxygen atoms in total. The first-order chi connectivity index (χ1) is 14.8. The number of carbonyl (C=O) groups is 2. The van der Waals surface area contributed by atoms with Crippen molar-refractivity contribution >= 4 is 29.5 Å². The van der Waals surface area contributed by atoms with Crippen LogP contribution in [0.1, 0.15) is 32.7 Å². The maximum absolute atomic E-state index is 12.8. The van der Waals surface area contributed by atoms with Crippen molar-refractivity contribution < 1.29 is 9.59 Å². The topological polar surface area (TPSA) is 148 Å². The first-order valence-corrected chi connectivity index (χ1v) is 11.7. The molecule has 0 spiro atoms. The minimum atomic E-state index is -0.208. The SMILES string of the molecule is C[C@H]([C@H]1C(=O)N2C=C(S[C@@H]3CN[C@H](C(=O)N4CCC(N)C4)C3)[C@H](C)[C@H]12)n1nnc(N)n1. The van der Waals surface area contributed by atoms with Crippen molar-refractivity contribution in [2.24, 2.45) is 17.6 Å². The van der Waals surface area contributed by atoms with Gasteiger partial charge in [0.2, 0.25) is 11.8 Å². The van der Waals surface area contributed by atoms with Crippen LogP contribution in [-0.4, -0.2) is 84.8 Å². The first kappa shape index (κ1) is 20.7. The van der Waals surface area contributed by atoms with Gasteiger partial charge in [0.15, 0.2) is 0 Å². The fourth-order valence-electron chi connectivity index (χ4n) is 5.24. The zero-order chi connectivity index (χ0) is 21.9. The van der Waals surface area contributed by atoms with E-state index < -0.39 is 0 Å². The van der Waals surface area contributed by atoms with Gasteiger partial charge in [0.25, 0.3) is 5.95 Å². The van der Waals surface area contributed by atoms with Crippen molar-refractivity contribution in [3.05, 3.63) is 11.1 Å². The highest BCUT2D eigenvalue weighted by atomic mass is 32.2. The number of β-lactam (4-membered cyclic amide) rings is 1. The second-order valence-corrected chi connectivity index (χ2v) is 10.4. The summed E-state index contributed by atoms with van der Waals surface area (Å²) in [6.07, 6.45) is 3.66. The van der Waals surface area contributed by atoms with Crippen LogP contribution in [0.2, 0.25) is 0 Å². The number of nitrogens with one attached hydrogen (secondary N) is 1. The summed E-state index contributed by atoms with van der Waals surface area (Å²) >= 11 is 1.79. The first-order valence-electron chi connectivity index (χ1n) is 10.9. The number of aromatic nitrogens is 4. The van der Waals surface area contributed by atoms with E-state index in [0.717, 1.165) is 25.9 Å². The van der Waals surface area contributed by atoms with E-state index in [0.29, 0.717) is 11.8 Å². The Balaban J connectivity index is 1.19. The Hall–Kier alpha value is -2.18. The fraction of sp³-hybridized carbons (Fsp3) is 0.737. The minimum Gasteiger partial charge on any atom is -0.365 e. The molecule has 0 bridgehead atoms. The zero-order valence-electron chi connectivity index (χ0n) is 17.7. The van der Waals surface area contributed by atoms with Gasteiger partial charge >= 0.3 is 0 Å². The summed E-state index contributed by atoms with van der Waals surface area (Å²) in [6.45, 7) is 6.28. The number of fused-ring (bicyclic) bond motifs is 1. The molecule has 1 aromatic heterocycles. The molecule has 3 saturated heterocycles. The summed E-state index contributed by atoms with van der Waals surface area (Å²) in [7, 11) is 0. The number of carbonyl (C=O) groups excluding carboxylic acids is 2. The molecule has 31 heavy (non-hydrogen) atoms. The predicted octanol–water partition coefficient (Wildman–Crippen LogP) is -0.842. The summed E-state index contributed by atoms with van der Waals surface area (Å²) < 4.78 is 0. The smallest absolute Gasteiger partial charge is 0.260 e. The molecule has 5 heterocycles. The molecule has 0 aromatic carbocycles. The molecule has 0 radical (unpaired) electrons. The number of hydrogen-bond donors (Lipinski definition) is 3. The molecule has 4 aliphatic heterocycles. The van der Waals surface area contributed by atoms with Crippen molar-refractivity contribution in [1.82, 2.24) is 35.3 Å². The highest BCUT2D eigenvalue weighted by molar-refractivity contribution is 8.03. The largest absolute Gasteiger partial charge is 0.365 e. The monoisotopic (exact) mass is 447 g/mol. The Morgan fingerprint density at radius 2 is 2.23 bits per heavy atom. The van der Waals surface area contributed by atoms with Gasteiger partial charge in [-0.3, -0.25) is 9.59 Å². The number of amides is 2. The van der Waals surface area contributed by atoms with Gasteiger partial charge in [0, 0.05) is 47.9 Å². The molecule has 7 atom stereocenters. The van der Waals surface area contributed by atoms with Crippen molar-refractivity contribution in [1.29, 1.82) is 0 Å². The number of anilines is 1. The van der Waals surface area contributed by atoms with E-state index in [4.69, 9.17) is 11.5 Å². The van der Waals surface area contributed by atoms with E-state index in [1.807, 2.05) is 22.9 Å². The molecule has 5 N–H and O–H groups in total. The lowest BCUT2D eigenvalue weighted by Gasteiger charge is -2.46. The fourth-order valence-corrected chi connectivity index (χ4v) is 6.63. The van der Waals surface area contributed by atoms with Crippen LogP contribution in [0.25, 0.3) is 0 Å². The standard InChI is InChI=1S/C19H29N9O2S/c1-9-14(31-12-5-13(22-6-12)17(29)26-4-3-11(20)7-26)8-27-16(9)15(18(27)30)10(2)28-24-19(21)23-25-28/h8-13,15-16,22H,3-7,20H2,1-2H3,(H2,21,24)/t9-,10+,11?,12-,13-,15+,16+/m0/s1. The van der Waals surface area contributed by atoms with Crippen molar-refractivity contribution in [3.8, 4) is 0 Å². The van der Waals surface area contributed by atoms with Gasteiger partial charge < -0.3 is 26.6 Å². The van der Waals surface area contributed by atoms with Crippen LogP contribution in [0.15, 0.2) is 11.1 Å². The van der Waals surface area contributed by atoms with E-state index in [9.17, 15) is 9.59 Å². The van der Waals surface area contributed by atoms with Gasteiger partial charge in [-0.2, -0.15) is 4.80 Å². The molecule has 1 unspecified atom stereocenters. The average Bonchev–Trinajstić information content (AvgIpc) is 3.51. The van der Waals surface area contributed by atoms with Gasteiger partial charge in [0.1, 0.15) is 0 Å². The summed E-state index contributed by atoms with van der Waals surface area (Å²) in [5, 5.41) is 15.5. The van der Waals surface area contributed by atoms with Crippen LogP contribution in [0.4, 0.5) is 5.95 Å². The maximum Gasteiger partial charge on any atom is 0.260 e. The highest BCUT2D eigenvalue weighted by Crippen LogP contribution is 2.50. The zero-order valence-corrected chi connectivity index (χ0v) is 18.5. The Bertz CT molecular complexity index is 920. The van der Waals surface area contributed by atoms with Crippen LogP contribution in [-0.2, 0) is 9.59 Å². The lowest BCUT2D eigenvalue weighted by Crippen LogP contribution is -2.60. The molecule has 12 heteroatoms. The van der Waals surface area contributed by atoms with E-state index >= 15 is 0 Å². The number of nitrogens with two attached hydrogens (primary N) is 2. The Kier molecular flexibility index (Phi) is 5.18. The molecule has 0 saturated carbocycles. The molecule has 4 aliphatic rings. The van der Waals surface area contributed by atoms with Gasteiger partial charge in [-0.25, -0.2) is 0 Å². The van der Waals surface area contributed by atoms with Crippen molar-refractivity contribution in [2.45, 2.75) is 56.1 Å². The number of nitrogen functional groups attached to an aromatic ring is 1. The number of rotatable bonds is 5. The van der Waals surface area contributed by atoms with E-state index in [2.05, 4.69) is 27.7 Å². The lowest BCUT2D eigenvalue weighted by atomic mass is 9.78. The summed E-state index contributed by atoms with van der Waals surface area (Å²) in [5.74, 6) is 0.379. The molecule has 1 aromatic rings. The van der Waals surface area contributed by atoms with Crippen molar-refractivity contribution in [3.63, 3.8) is 0 Å². The minimum absolute atomic E-state index is 0.0822. The van der Waals surface area contributed by atoms with Gasteiger partial charge in [-0.15, -0.1) is 16.9 Å². The molecular formula is C19H29N9O2S. The van der Waals surface area contributed by atoms with Crippen LogP contribution < -0.4 is 16.8 Å². The number of nitrogens with zero attached hydrogens (tertiary/aromatic N) is 6. The van der Waals surface area contributed by atoms with E-state index in [1.54, 1.807) is 11.8 Å². The summed E-state index contributed by atoms with van der Waals surface area (Å²) in [6, 6.07) is -0.159.